The van der Waals surface area contributed by atoms with Gasteiger partial charge in [0.2, 0.25) is 0 Å². The van der Waals surface area contributed by atoms with Crippen LogP contribution >= 0.6 is 31.9 Å². The van der Waals surface area contributed by atoms with Gasteiger partial charge in [0.15, 0.2) is 0 Å². The summed E-state index contributed by atoms with van der Waals surface area (Å²) in [6.07, 6.45) is 9.40. The van der Waals surface area contributed by atoms with Gasteiger partial charge in [0.25, 0.3) is 0 Å². The molecular formula is C24H28Br2N4. The van der Waals surface area contributed by atoms with E-state index in [1.165, 1.54) is 49.7 Å². The SMILES string of the molecule is Brc1cc(-c2ccc(NC3=NCCCCC3)c(Br)c2)ccc1NC1=NCCCCC1. The molecule has 2 aromatic rings. The monoisotopic (exact) mass is 530 g/mol. The summed E-state index contributed by atoms with van der Waals surface area (Å²) in [5.74, 6) is 2.20. The number of rotatable bonds is 3. The highest BCUT2D eigenvalue weighted by atomic mass is 79.9. The van der Waals surface area contributed by atoms with E-state index in [0.29, 0.717) is 0 Å². The number of anilines is 2. The summed E-state index contributed by atoms with van der Waals surface area (Å²) in [7, 11) is 0. The first kappa shape index (κ1) is 21.6. The lowest BCUT2D eigenvalue weighted by Gasteiger charge is -2.14. The molecule has 158 valence electrons. The Hall–Kier alpha value is -1.66. The van der Waals surface area contributed by atoms with Crippen molar-refractivity contribution < 1.29 is 0 Å². The first-order valence-electron chi connectivity index (χ1n) is 10.9. The fourth-order valence-electron chi connectivity index (χ4n) is 3.86. The van der Waals surface area contributed by atoms with Crippen molar-refractivity contribution in [1.82, 2.24) is 0 Å². The van der Waals surface area contributed by atoms with Gasteiger partial charge < -0.3 is 10.6 Å². The van der Waals surface area contributed by atoms with Gasteiger partial charge in [0, 0.05) is 34.9 Å². The molecule has 0 fully saturated rings. The third-order valence-corrected chi connectivity index (χ3v) is 6.89. The minimum absolute atomic E-state index is 0.929. The van der Waals surface area contributed by atoms with E-state index in [1.54, 1.807) is 0 Å². The van der Waals surface area contributed by atoms with Crippen LogP contribution in [0.3, 0.4) is 0 Å². The van der Waals surface area contributed by atoms with E-state index in [1.807, 2.05) is 0 Å². The van der Waals surface area contributed by atoms with E-state index in [2.05, 4.69) is 88.9 Å². The maximum atomic E-state index is 4.68. The van der Waals surface area contributed by atoms with Crippen LogP contribution in [0.15, 0.2) is 55.3 Å². The zero-order valence-corrected chi connectivity index (χ0v) is 20.4. The molecular weight excluding hydrogens is 504 g/mol. The average molecular weight is 532 g/mol. The Morgan fingerprint density at radius 3 is 1.50 bits per heavy atom. The lowest BCUT2D eigenvalue weighted by atomic mass is 10.0. The van der Waals surface area contributed by atoms with Crippen LogP contribution in [0, 0.1) is 0 Å². The molecule has 0 spiro atoms. The van der Waals surface area contributed by atoms with Crippen LogP contribution in [-0.4, -0.2) is 24.8 Å². The molecule has 0 radical (unpaired) electrons. The van der Waals surface area contributed by atoms with Crippen LogP contribution in [0.5, 0.6) is 0 Å². The predicted molar refractivity (Wildman–Crippen MR) is 136 cm³/mol. The molecule has 0 unspecified atom stereocenters. The molecule has 30 heavy (non-hydrogen) atoms. The van der Waals surface area contributed by atoms with Crippen LogP contribution in [-0.2, 0) is 0 Å². The predicted octanol–water partition coefficient (Wildman–Crippen LogP) is 7.65. The lowest BCUT2D eigenvalue weighted by molar-refractivity contribution is 0.731. The fourth-order valence-corrected chi connectivity index (χ4v) is 4.81. The lowest BCUT2D eigenvalue weighted by Crippen LogP contribution is -2.12. The minimum Gasteiger partial charge on any atom is -0.343 e. The Labute approximate surface area is 195 Å². The van der Waals surface area contributed by atoms with Crippen molar-refractivity contribution in [2.45, 2.75) is 51.4 Å². The minimum atomic E-state index is 0.929. The molecule has 0 saturated carbocycles. The zero-order chi connectivity index (χ0) is 20.8. The number of amidine groups is 2. The normalized spacial score (nSPS) is 17.4. The number of nitrogens with one attached hydrogen (secondary N) is 2. The molecule has 0 bridgehead atoms. The summed E-state index contributed by atoms with van der Waals surface area (Å²) >= 11 is 7.48. The van der Waals surface area contributed by atoms with Crippen LogP contribution in [0.25, 0.3) is 11.1 Å². The molecule has 2 aromatic carbocycles. The second-order valence-electron chi connectivity index (χ2n) is 7.92. The van der Waals surface area contributed by atoms with E-state index < -0.39 is 0 Å². The molecule has 4 rings (SSSR count). The van der Waals surface area contributed by atoms with Crippen LogP contribution < -0.4 is 10.6 Å². The van der Waals surface area contributed by atoms with Gasteiger partial charge in [-0.15, -0.1) is 0 Å². The Morgan fingerprint density at radius 2 is 1.07 bits per heavy atom. The highest BCUT2D eigenvalue weighted by Crippen LogP contribution is 2.33. The van der Waals surface area contributed by atoms with Crippen molar-refractivity contribution in [1.29, 1.82) is 0 Å². The molecule has 0 aliphatic carbocycles. The summed E-state index contributed by atoms with van der Waals surface area (Å²) in [6.45, 7) is 1.86. The van der Waals surface area contributed by atoms with Crippen LogP contribution in [0.2, 0.25) is 0 Å². The largest absolute Gasteiger partial charge is 0.343 e. The van der Waals surface area contributed by atoms with Crippen LogP contribution in [0.1, 0.15) is 51.4 Å². The molecule has 4 nitrogen and oxygen atoms in total. The second-order valence-corrected chi connectivity index (χ2v) is 9.63. The first-order valence-corrected chi connectivity index (χ1v) is 12.5. The molecule has 2 N–H and O–H groups in total. The quantitative estimate of drug-likeness (QED) is 0.427. The third kappa shape index (κ3) is 5.73. The molecule has 6 heteroatoms. The van der Waals surface area contributed by atoms with Crippen molar-refractivity contribution in [3.8, 4) is 11.1 Å². The van der Waals surface area contributed by atoms with E-state index in [9.17, 15) is 0 Å². The Morgan fingerprint density at radius 1 is 0.600 bits per heavy atom. The summed E-state index contributed by atoms with van der Waals surface area (Å²) in [6, 6.07) is 12.9. The van der Waals surface area contributed by atoms with E-state index >= 15 is 0 Å². The van der Waals surface area contributed by atoms with Gasteiger partial charge >= 0.3 is 0 Å². The van der Waals surface area contributed by atoms with Gasteiger partial charge in [-0.05, 0) is 92.9 Å². The Kier molecular flexibility index (Phi) is 7.61. The van der Waals surface area contributed by atoms with Gasteiger partial charge in [-0.3, -0.25) is 9.98 Å². The second kappa shape index (κ2) is 10.6. The molecule has 2 heterocycles. The van der Waals surface area contributed by atoms with E-state index in [0.717, 1.165) is 57.9 Å². The summed E-state index contributed by atoms with van der Waals surface area (Å²) in [5, 5.41) is 7.02. The number of hydrogen-bond donors (Lipinski definition) is 2. The molecule has 0 amide bonds. The first-order chi connectivity index (χ1) is 14.7. The third-order valence-electron chi connectivity index (χ3n) is 5.58. The number of benzene rings is 2. The Balaban J connectivity index is 1.48. The Bertz CT molecular complexity index is 875. The van der Waals surface area contributed by atoms with Gasteiger partial charge in [0.1, 0.15) is 11.7 Å². The standard InChI is InChI=1S/C24H28Br2N4/c25-19-15-17(9-11-21(19)29-23-7-3-1-5-13-27-23)18-10-12-22(20(26)16-18)30-24-8-4-2-6-14-28-24/h9-12,15-16H,1-8,13-14H2,(H,27,29)(H,28,30). The van der Waals surface area contributed by atoms with Crippen molar-refractivity contribution in [2.24, 2.45) is 9.98 Å². The topological polar surface area (TPSA) is 48.8 Å². The molecule has 2 aliphatic rings. The number of aliphatic imine (C=N–C) groups is 2. The number of hydrogen-bond acceptors (Lipinski definition) is 4. The maximum absolute atomic E-state index is 4.68. The summed E-state index contributed by atoms with van der Waals surface area (Å²) in [4.78, 5) is 9.35. The molecule has 2 aliphatic heterocycles. The van der Waals surface area contributed by atoms with Crippen molar-refractivity contribution in [3.63, 3.8) is 0 Å². The fraction of sp³-hybridized carbons (Fsp3) is 0.417. The van der Waals surface area contributed by atoms with Crippen molar-refractivity contribution >= 4 is 54.9 Å². The maximum Gasteiger partial charge on any atom is 0.101 e. The number of nitrogens with zero attached hydrogens (tertiary/aromatic N) is 2. The summed E-state index contributed by atoms with van der Waals surface area (Å²) in [5.41, 5.74) is 4.50. The van der Waals surface area contributed by atoms with Gasteiger partial charge in [-0.1, -0.05) is 25.0 Å². The highest BCUT2D eigenvalue weighted by Gasteiger charge is 2.11. The summed E-state index contributed by atoms with van der Waals surface area (Å²) < 4.78 is 2.11. The van der Waals surface area contributed by atoms with E-state index in [4.69, 9.17) is 0 Å². The van der Waals surface area contributed by atoms with E-state index in [-0.39, 0.29) is 0 Å². The van der Waals surface area contributed by atoms with Crippen molar-refractivity contribution in [3.05, 3.63) is 45.3 Å². The molecule has 0 atom stereocenters. The van der Waals surface area contributed by atoms with Crippen molar-refractivity contribution in [2.75, 3.05) is 23.7 Å². The van der Waals surface area contributed by atoms with Gasteiger partial charge in [0.05, 0.1) is 11.4 Å². The molecule has 0 saturated heterocycles. The smallest absolute Gasteiger partial charge is 0.101 e. The van der Waals surface area contributed by atoms with Crippen LogP contribution in [0.4, 0.5) is 11.4 Å². The highest BCUT2D eigenvalue weighted by molar-refractivity contribution is 9.11. The molecule has 0 aromatic heterocycles. The van der Waals surface area contributed by atoms with Gasteiger partial charge in [-0.25, -0.2) is 0 Å². The average Bonchev–Trinajstić information content (AvgIpc) is 3.16. The zero-order valence-electron chi connectivity index (χ0n) is 17.2. The number of halogens is 2. The van der Waals surface area contributed by atoms with Gasteiger partial charge in [-0.2, -0.15) is 0 Å².